The van der Waals surface area contributed by atoms with Gasteiger partial charge in [0.1, 0.15) is 0 Å². The zero-order valence-electron chi connectivity index (χ0n) is 16.4. The summed E-state index contributed by atoms with van der Waals surface area (Å²) in [5.74, 6) is -1.75. The molecule has 29 heavy (non-hydrogen) atoms. The number of esters is 1. The number of hydrogen-bond acceptors (Lipinski definition) is 4. The first-order chi connectivity index (χ1) is 13.9. The van der Waals surface area contributed by atoms with Gasteiger partial charge in [-0.1, -0.05) is 42.8 Å². The van der Waals surface area contributed by atoms with Gasteiger partial charge in [0.2, 0.25) is 5.91 Å². The number of halogens is 1. The maximum atomic E-state index is 12.4. The number of anilines is 2. The molecule has 1 heterocycles. The first kappa shape index (κ1) is 20.9. The number of hydrogen-bond donors (Lipinski definition) is 1. The summed E-state index contributed by atoms with van der Waals surface area (Å²) < 4.78 is 5.16. The van der Waals surface area contributed by atoms with Crippen molar-refractivity contribution in [3.8, 4) is 0 Å². The van der Waals surface area contributed by atoms with Crippen LogP contribution in [0.5, 0.6) is 0 Å². The molecule has 7 heteroatoms. The van der Waals surface area contributed by atoms with E-state index in [1.165, 1.54) is 0 Å². The highest BCUT2D eigenvalue weighted by Crippen LogP contribution is 2.31. The van der Waals surface area contributed by atoms with Crippen molar-refractivity contribution in [2.45, 2.75) is 26.7 Å². The van der Waals surface area contributed by atoms with Gasteiger partial charge >= 0.3 is 5.97 Å². The van der Waals surface area contributed by atoms with E-state index in [1.54, 1.807) is 29.2 Å². The van der Waals surface area contributed by atoms with Crippen molar-refractivity contribution in [3.63, 3.8) is 0 Å². The molecule has 3 rings (SSSR count). The van der Waals surface area contributed by atoms with Crippen LogP contribution in [0.2, 0.25) is 5.02 Å². The number of rotatable bonds is 6. The van der Waals surface area contributed by atoms with E-state index >= 15 is 0 Å². The lowest BCUT2D eigenvalue weighted by molar-refractivity contribution is -0.151. The van der Waals surface area contributed by atoms with E-state index in [-0.39, 0.29) is 18.9 Å². The van der Waals surface area contributed by atoms with E-state index in [1.807, 2.05) is 32.0 Å². The lowest BCUT2D eigenvalue weighted by atomic mass is 10.1. The Balaban J connectivity index is 1.57. The van der Waals surface area contributed by atoms with Gasteiger partial charge < -0.3 is 15.0 Å². The Morgan fingerprint density at radius 2 is 1.97 bits per heavy atom. The van der Waals surface area contributed by atoms with Crippen LogP contribution in [-0.2, 0) is 25.5 Å². The average Bonchev–Trinajstić information content (AvgIpc) is 3.10. The average molecular weight is 415 g/mol. The summed E-state index contributed by atoms with van der Waals surface area (Å²) in [6, 6.07) is 12.8. The summed E-state index contributed by atoms with van der Waals surface area (Å²) in [5.41, 5.74) is 3.17. The molecule has 1 fully saturated rings. The van der Waals surface area contributed by atoms with E-state index in [9.17, 15) is 14.4 Å². The molecule has 1 N–H and O–H groups in total. The molecule has 152 valence electrons. The number of nitrogens with zero attached hydrogens (tertiary/aromatic N) is 1. The van der Waals surface area contributed by atoms with E-state index in [0.717, 1.165) is 17.5 Å². The number of carbonyl (C=O) groups excluding carboxylic acids is 3. The molecular weight excluding hydrogens is 392 g/mol. The van der Waals surface area contributed by atoms with Crippen LogP contribution in [-0.4, -0.2) is 30.9 Å². The zero-order valence-corrected chi connectivity index (χ0v) is 17.2. The summed E-state index contributed by atoms with van der Waals surface area (Å²) in [7, 11) is 0. The number of amides is 2. The maximum absolute atomic E-state index is 12.4. The molecule has 1 aliphatic rings. The Hall–Kier alpha value is -2.86. The third-order valence-corrected chi connectivity index (χ3v) is 5.42. The molecule has 1 saturated heterocycles. The van der Waals surface area contributed by atoms with Gasteiger partial charge in [-0.05, 0) is 42.7 Å². The molecule has 1 aliphatic heterocycles. The minimum Gasteiger partial charge on any atom is -0.455 e. The highest BCUT2D eigenvalue weighted by atomic mass is 35.5. The third kappa shape index (κ3) is 4.77. The molecule has 0 spiro atoms. The monoisotopic (exact) mass is 414 g/mol. The van der Waals surface area contributed by atoms with Crippen molar-refractivity contribution < 1.29 is 19.1 Å². The van der Waals surface area contributed by atoms with Crippen LogP contribution in [0.25, 0.3) is 0 Å². The molecule has 2 aromatic rings. The van der Waals surface area contributed by atoms with Crippen molar-refractivity contribution in [2.24, 2.45) is 5.92 Å². The zero-order chi connectivity index (χ0) is 21.0. The molecule has 0 radical (unpaired) electrons. The first-order valence-corrected chi connectivity index (χ1v) is 9.88. The molecule has 0 aromatic heterocycles. The first-order valence-electron chi connectivity index (χ1n) is 9.50. The van der Waals surface area contributed by atoms with Gasteiger partial charge in [0, 0.05) is 29.4 Å². The van der Waals surface area contributed by atoms with Gasteiger partial charge in [-0.15, -0.1) is 0 Å². The van der Waals surface area contributed by atoms with Gasteiger partial charge in [-0.2, -0.15) is 0 Å². The fourth-order valence-electron chi connectivity index (χ4n) is 3.38. The van der Waals surface area contributed by atoms with E-state index < -0.39 is 24.4 Å². The smallest absolute Gasteiger partial charge is 0.311 e. The van der Waals surface area contributed by atoms with Crippen LogP contribution in [0.3, 0.4) is 0 Å². The predicted octanol–water partition coefficient (Wildman–Crippen LogP) is 3.75. The fraction of sp³-hybridized carbons (Fsp3) is 0.318. The number of para-hydroxylation sites is 1. The Morgan fingerprint density at radius 1 is 1.21 bits per heavy atom. The predicted molar refractivity (Wildman–Crippen MR) is 112 cm³/mol. The Morgan fingerprint density at radius 3 is 2.72 bits per heavy atom. The number of nitrogens with one attached hydrogen (secondary N) is 1. The molecule has 6 nitrogen and oxygen atoms in total. The van der Waals surface area contributed by atoms with Gasteiger partial charge in [-0.3, -0.25) is 14.4 Å². The largest absolute Gasteiger partial charge is 0.455 e. The van der Waals surface area contributed by atoms with Crippen LogP contribution in [0.1, 0.15) is 24.5 Å². The number of aryl methyl sites for hydroxylation is 1. The molecule has 0 aliphatic carbocycles. The number of ether oxygens (including phenoxy) is 1. The topological polar surface area (TPSA) is 75.7 Å². The molecule has 1 atom stereocenters. The van der Waals surface area contributed by atoms with Crippen molar-refractivity contribution in [2.75, 3.05) is 23.4 Å². The minimum atomic E-state index is -0.614. The molecule has 2 amide bonds. The van der Waals surface area contributed by atoms with E-state index in [0.29, 0.717) is 16.4 Å². The van der Waals surface area contributed by atoms with Gasteiger partial charge in [-0.25, -0.2) is 0 Å². The number of benzene rings is 2. The second-order valence-corrected chi connectivity index (χ2v) is 7.36. The lowest BCUT2D eigenvalue weighted by Crippen LogP contribution is -2.28. The van der Waals surface area contributed by atoms with Crippen LogP contribution in [0.4, 0.5) is 11.4 Å². The van der Waals surface area contributed by atoms with Crippen molar-refractivity contribution in [3.05, 3.63) is 58.6 Å². The Bertz CT molecular complexity index is 944. The summed E-state index contributed by atoms with van der Waals surface area (Å²) >= 11 is 6.14. The summed E-state index contributed by atoms with van der Waals surface area (Å²) in [6.07, 6.45) is 0.824. The van der Waals surface area contributed by atoms with Crippen molar-refractivity contribution in [1.29, 1.82) is 0 Å². The van der Waals surface area contributed by atoms with Gasteiger partial charge in [0.15, 0.2) is 6.61 Å². The summed E-state index contributed by atoms with van der Waals surface area (Å²) in [4.78, 5) is 38.5. The Labute approximate surface area is 174 Å². The minimum absolute atomic E-state index is 0.0467. The highest BCUT2D eigenvalue weighted by Gasteiger charge is 2.37. The van der Waals surface area contributed by atoms with Gasteiger partial charge in [0.05, 0.1) is 5.92 Å². The maximum Gasteiger partial charge on any atom is 0.311 e. The fourth-order valence-corrected chi connectivity index (χ4v) is 3.55. The summed E-state index contributed by atoms with van der Waals surface area (Å²) in [5, 5.41) is 3.32. The SMILES string of the molecule is CCc1ccccc1NC(=O)COC(=O)[C@H]1CC(=O)N(c2cccc(Cl)c2C)C1. The van der Waals surface area contributed by atoms with E-state index in [2.05, 4.69) is 5.32 Å². The second kappa shape index (κ2) is 9.09. The molecule has 0 saturated carbocycles. The van der Waals surface area contributed by atoms with Crippen LogP contribution in [0, 0.1) is 12.8 Å². The second-order valence-electron chi connectivity index (χ2n) is 6.96. The lowest BCUT2D eigenvalue weighted by Gasteiger charge is -2.19. The van der Waals surface area contributed by atoms with Crippen molar-refractivity contribution in [1.82, 2.24) is 0 Å². The standard InChI is InChI=1S/C22H23ClN2O4/c1-3-15-7-4-5-9-18(15)24-20(26)13-29-22(28)16-11-21(27)25(12-16)19-10-6-8-17(23)14(19)2/h4-10,16H,3,11-13H2,1-2H3,(H,24,26)/t16-/m0/s1. The van der Waals surface area contributed by atoms with Crippen molar-refractivity contribution >= 4 is 40.8 Å². The molecule has 2 aromatic carbocycles. The normalized spacial score (nSPS) is 16.0. The Kier molecular flexibility index (Phi) is 6.54. The third-order valence-electron chi connectivity index (χ3n) is 5.01. The molecule has 0 bridgehead atoms. The number of carbonyl (C=O) groups is 3. The summed E-state index contributed by atoms with van der Waals surface area (Å²) in [6.45, 7) is 3.64. The molecular formula is C22H23ClN2O4. The highest BCUT2D eigenvalue weighted by molar-refractivity contribution is 6.31. The quantitative estimate of drug-likeness (QED) is 0.730. The van der Waals surface area contributed by atoms with Gasteiger partial charge in [0.25, 0.3) is 5.91 Å². The molecule has 0 unspecified atom stereocenters. The van der Waals surface area contributed by atoms with Crippen LogP contribution in [0.15, 0.2) is 42.5 Å². The van der Waals surface area contributed by atoms with E-state index in [4.69, 9.17) is 16.3 Å². The van der Waals surface area contributed by atoms with Crippen LogP contribution < -0.4 is 10.2 Å². The van der Waals surface area contributed by atoms with Crippen LogP contribution >= 0.6 is 11.6 Å².